The van der Waals surface area contributed by atoms with E-state index in [4.69, 9.17) is 0 Å². The van der Waals surface area contributed by atoms with E-state index in [9.17, 15) is 4.79 Å². The fraction of sp³-hybridized carbons (Fsp3) is 0.435. The fourth-order valence-electron chi connectivity index (χ4n) is 3.99. The topological polar surface area (TPSA) is 105 Å². The molecule has 5 rings (SSSR count). The molecule has 1 aliphatic heterocycles. The third-order valence-electron chi connectivity index (χ3n) is 5.44. The summed E-state index contributed by atoms with van der Waals surface area (Å²) in [5.41, 5.74) is 4.48. The minimum absolute atomic E-state index is 0.231. The number of hydrogen-bond donors (Lipinski definition) is 2. The fourth-order valence-corrected chi connectivity index (χ4v) is 4.64. The lowest BCUT2D eigenvalue weighted by Gasteiger charge is -2.25. The summed E-state index contributed by atoms with van der Waals surface area (Å²) in [7, 11) is 3.75. The highest BCUT2D eigenvalue weighted by molar-refractivity contribution is 7.10. The summed E-state index contributed by atoms with van der Waals surface area (Å²) in [5.74, 6) is 0.694. The Hall–Kier alpha value is -3.15. The zero-order valence-electron chi connectivity index (χ0n) is 19.9. The average molecular weight is 482 g/mol. The lowest BCUT2D eigenvalue weighted by molar-refractivity contribution is -0.108. The third-order valence-corrected chi connectivity index (χ3v) is 6.18. The Bertz CT molecular complexity index is 1220. The highest BCUT2D eigenvalue weighted by Crippen LogP contribution is 2.28. The Labute approximate surface area is 203 Å². The van der Waals surface area contributed by atoms with Gasteiger partial charge >= 0.3 is 0 Å². The van der Waals surface area contributed by atoms with Gasteiger partial charge in [-0.05, 0) is 64.5 Å². The molecule has 5 heterocycles. The van der Waals surface area contributed by atoms with Crippen LogP contribution < -0.4 is 10.6 Å². The molecule has 0 aromatic carbocycles. The van der Waals surface area contributed by atoms with Gasteiger partial charge in [-0.1, -0.05) is 6.42 Å². The number of hydrogen-bond acceptors (Lipinski definition) is 9. The van der Waals surface area contributed by atoms with Crippen LogP contribution >= 0.6 is 11.5 Å². The van der Waals surface area contributed by atoms with Crippen molar-refractivity contribution >= 4 is 34.3 Å². The van der Waals surface area contributed by atoms with Crippen molar-refractivity contribution in [3.8, 4) is 11.3 Å². The summed E-state index contributed by atoms with van der Waals surface area (Å²) in [4.78, 5) is 22.5. The Balaban J connectivity index is 0.000000868. The quantitative estimate of drug-likeness (QED) is 0.388. The van der Waals surface area contributed by atoms with Crippen molar-refractivity contribution in [2.45, 2.75) is 39.3 Å². The first kappa shape index (κ1) is 24.0. The molecule has 1 saturated heterocycles. The summed E-state index contributed by atoms with van der Waals surface area (Å²) in [6, 6.07) is 2.10. The van der Waals surface area contributed by atoms with Crippen LogP contribution in [0.1, 0.15) is 30.7 Å². The number of aldehydes is 1. The summed E-state index contributed by atoms with van der Waals surface area (Å²) in [6.07, 6.45) is 12.1. The van der Waals surface area contributed by atoms with Crippen molar-refractivity contribution in [1.82, 2.24) is 38.7 Å². The van der Waals surface area contributed by atoms with Crippen LogP contribution in [0.4, 0.5) is 10.8 Å². The van der Waals surface area contributed by atoms with Crippen molar-refractivity contribution < 1.29 is 4.79 Å². The van der Waals surface area contributed by atoms with Crippen LogP contribution in [0.2, 0.25) is 0 Å². The average Bonchev–Trinajstić information content (AvgIpc) is 3.55. The number of nitrogens with zero attached hydrogens (tertiary/aromatic N) is 7. The number of anilines is 2. The first-order valence-corrected chi connectivity index (χ1v) is 12.2. The molecule has 4 aromatic rings. The van der Waals surface area contributed by atoms with Crippen LogP contribution in [-0.4, -0.2) is 66.9 Å². The largest absolute Gasteiger partial charge is 0.328 e. The van der Waals surface area contributed by atoms with Crippen LogP contribution in [0.15, 0.2) is 30.9 Å². The second-order valence-corrected chi connectivity index (χ2v) is 9.13. The molecule has 180 valence electrons. The van der Waals surface area contributed by atoms with Crippen LogP contribution in [-0.2, 0) is 17.9 Å². The normalized spacial score (nSPS) is 14.1. The van der Waals surface area contributed by atoms with Gasteiger partial charge in [0.1, 0.15) is 11.3 Å². The molecule has 11 heteroatoms. The Morgan fingerprint density at radius 1 is 1.15 bits per heavy atom. The number of carbonyl (C=O) groups is 1. The standard InChI is InChI=1S/C21H24N8OS.C2H7N/c1-15-12-29-18(16-10-23-28(13-16)7-8-30)11-22-21(29)20(24-15)25-19-9-17(26-31-19)14-27-5-3-2-4-6-27;1-3-2/h8-13H,2-7,14H2,1H3,(H,24,25);3H,1-2H3. The number of carbonyl (C=O) groups excluding carboxylic acids is 1. The third kappa shape index (κ3) is 5.66. The molecule has 1 aliphatic rings. The molecule has 0 radical (unpaired) electrons. The lowest BCUT2D eigenvalue weighted by atomic mass is 10.1. The Morgan fingerprint density at radius 2 is 1.94 bits per heavy atom. The van der Waals surface area contributed by atoms with E-state index in [1.807, 2.05) is 37.8 Å². The predicted molar refractivity (Wildman–Crippen MR) is 135 cm³/mol. The van der Waals surface area contributed by atoms with Crippen molar-refractivity contribution in [2.75, 3.05) is 32.5 Å². The molecule has 34 heavy (non-hydrogen) atoms. The number of nitrogens with one attached hydrogen (secondary N) is 2. The molecular weight excluding hydrogens is 450 g/mol. The molecule has 0 atom stereocenters. The first-order chi connectivity index (χ1) is 16.6. The van der Waals surface area contributed by atoms with Crippen molar-refractivity contribution in [2.24, 2.45) is 0 Å². The van der Waals surface area contributed by atoms with Crippen LogP contribution in [0.5, 0.6) is 0 Å². The van der Waals surface area contributed by atoms with E-state index in [-0.39, 0.29) is 6.54 Å². The molecule has 4 aromatic heterocycles. The minimum Gasteiger partial charge on any atom is -0.328 e. The van der Waals surface area contributed by atoms with E-state index in [1.165, 1.54) is 30.8 Å². The summed E-state index contributed by atoms with van der Waals surface area (Å²) in [5, 5.41) is 11.4. The molecule has 0 saturated carbocycles. The second-order valence-electron chi connectivity index (χ2n) is 8.33. The smallest absolute Gasteiger partial charge is 0.180 e. The molecule has 0 unspecified atom stereocenters. The van der Waals surface area contributed by atoms with E-state index < -0.39 is 0 Å². The van der Waals surface area contributed by atoms with Crippen molar-refractivity contribution in [3.05, 3.63) is 42.2 Å². The van der Waals surface area contributed by atoms with Gasteiger partial charge < -0.3 is 15.4 Å². The molecule has 0 amide bonds. The molecule has 1 fully saturated rings. The highest BCUT2D eigenvalue weighted by atomic mass is 32.1. The van der Waals surface area contributed by atoms with Crippen molar-refractivity contribution in [3.63, 3.8) is 0 Å². The van der Waals surface area contributed by atoms with Crippen LogP contribution in [0.25, 0.3) is 16.9 Å². The van der Waals surface area contributed by atoms with E-state index in [1.54, 1.807) is 17.1 Å². The van der Waals surface area contributed by atoms with Gasteiger partial charge in [0.2, 0.25) is 0 Å². The number of likely N-dealkylation sites (tertiary alicyclic amines) is 1. The number of rotatable bonds is 7. The van der Waals surface area contributed by atoms with Crippen LogP contribution in [0.3, 0.4) is 0 Å². The minimum atomic E-state index is 0.231. The monoisotopic (exact) mass is 481 g/mol. The summed E-state index contributed by atoms with van der Waals surface area (Å²) < 4.78 is 8.23. The second kappa shape index (κ2) is 11.3. The first-order valence-electron chi connectivity index (χ1n) is 11.5. The molecule has 2 N–H and O–H groups in total. The van der Waals surface area contributed by atoms with Gasteiger partial charge in [0.15, 0.2) is 11.5 Å². The molecule has 10 nitrogen and oxygen atoms in total. The molecule has 0 spiro atoms. The van der Waals surface area contributed by atoms with Gasteiger partial charge in [-0.3, -0.25) is 14.0 Å². The number of aryl methyl sites for hydroxylation is 1. The van der Waals surface area contributed by atoms with E-state index in [2.05, 4.69) is 41.0 Å². The zero-order chi connectivity index (χ0) is 23.9. The van der Waals surface area contributed by atoms with Gasteiger partial charge in [-0.15, -0.1) is 0 Å². The van der Waals surface area contributed by atoms with Gasteiger partial charge in [0.25, 0.3) is 0 Å². The van der Waals surface area contributed by atoms with Gasteiger partial charge in [0, 0.05) is 24.5 Å². The van der Waals surface area contributed by atoms with Gasteiger partial charge in [-0.2, -0.15) is 9.47 Å². The predicted octanol–water partition coefficient (Wildman–Crippen LogP) is 3.12. The summed E-state index contributed by atoms with van der Waals surface area (Å²) in [6.45, 7) is 5.39. The van der Waals surface area contributed by atoms with E-state index >= 15 is 0 Å². The Morgan fingerprint density at radius 3 is 2.71 bits per heavy atom. The number of aromatic nitrogens is 6. The van der Waals surface area contributed by atoms with Crippen LogP contribution in [0, 0.1) is 6.92 Å². The van der Waals surface area contributed by atoms with Gasteiger partial charge in [0.05, 0.1) is 36.0 Å². The number of fused-ring (bicyclic) bond motifs is 1. The van der Waals surface area contributed by atoms with Gasteiger partial charge in [-0.25, -0.2) is 9.97 Å². The molecular formula is C23H31N9OS. The summed E-state index contributed by atoms with van der Waals surface area (Å²) >= 11 is 1.45. The molecule has 0 bridgehead atoms. The number of piperidine rings is 1. The SMILES string of the molecule is CNC.Cc1cn2c(-c3cnn(CC=O)c3)cnc2c(Nc2cc(CN3CCCCC3)ns2)n1. The van der Waals surface area contributed by atoms with E-state index in [0.717, 1.165) is 59.2 Å². The van der Waals surface area contributed by atoms with Crippen molar-refractivity contribution in [1.29, 1.82) is 0 Å². The highest BCUT2D eigenvalue weighted by Gasteiger charge is 2.16. The lowest BCUT2D eigenvalue weighted by Crippen LogP contribution is -2.29. The Kier molecular flexibility index (Phi) is 7.99. The zero-order valence-corrected chi connectivity index (χ0v) is 20.7. The maximum atomic E-state index is 10.8. The number of imidazole rings is 1. The molecule has 0 aliphatic carbocycles. The van der Waals surface area contributed by atoms with E-state index in [0.29, 0.717) is 5.82 Å². The maximum Gasteiger partial charge on any atom is 0.180 e. The maximum absolute atomic E-state index is 10.8.